The number of ether oxygens (including phenoxy) is 1. The second-order valence-electron chi connectivity index (χ2n) is 10.3. The summed E-state index contributed by atoms with van der Waals surface area (Å²) < 4.78 is 34.7. The Balaban J connectivity index is 1.33. The van der Waals surface area contributed by atoms with Crippen LogP contribution in [0, 0.1) is 0 Å². The van der Waals surface area contributed by atoms with Crippen molar-refractivity contribution in [3.8, 4) is 28.7 Å². The van der Waals surface area contributed by atoms with Gasteiger partial charge in [0.2, 0.25) is 11.8 Å². The molecule has 40 heavy (non-hydrogen) atoms. The highest BCUT2D eigenvalue weighted by Gasteiger charge is 2.34. The van der Waals surface area contributed by atoms with Crippen molar-refractivity contribution in [2.45, 2.75) is 38.2 Å². The van der Waals surface area contributed by atoms with Crippen molar-refractivity contribution in [2.75, 3.05) is 30.5 Å². The van der Waals surface area contributed by atoms with E-state index in [1.807, 2.05) is 29.2 Å². The number of hydrogen-bond donors (Lipinski definition) is 0. The Morgan fingerprint density at radius 2 is 1.82 bits per heavy atom. The molecule has 0 spiro atoms. The van der Waals surface area contributed by atoms with E-state index >= 15 is 0 Å². The van der Waals surface area contributed by atoms with Crippen molar-refractivity contribution >= 4 is 17.4 Å². The van der Waals surface area contributed by atoms with Gasteiger partial charge in [0, 0.05) is 45.2 Å². The SMILES string of the molecule is COc1ncnc(C2CC2)c1-c1ncc2c(n1)N(Cc1ccc(-c3nc(C(C)(F)F)cn3C)cc1)CC(=O)N2C. The number of imidazole rings is 1. The summed E-state index contributed by atoms with van der Waals surface area (Å²) in [5.41, 5.74) is 3.49. The molecule has 10 nitrogen and oxygen atoms in total. The van der Waals surface area contributed by atoms with Gasteiger partial charge in [0.05, 0.1) is 25.5 Å². The van der Waals surface area contributed by atoms with E-state index < -0.39 is 5.92 Å². The predicted octanol–water partition coefficient (Wildman–Crippen LogP) is 4.31. The van der Waals surface area contributed by atoms with Crippen molar-refractivity contribution in [1.82, 2.24) is 29.5 Å². The van der Waals surface area contributed by atoms with E-state index in [4.69, 9.17) is 9.72 Å². The largest absolute Gasteiger partial charge is 0.480 e. The van der Waals surface area contributed by atoms with Crippen LogP contribution in [0.3, 0.4) is 0 Å². The van der Waals surface area contributed by atoms with Crippen molar-refractivity contribution in [2.24, 2.45) is 7.05 Å². The number of nitrogens with zero attached hydrogens (tertiary/aromatic N) is 8. The van der Waals surface area contributed by atoms with Gasteiger partial charge >= 0.3 is 0 Å². The number of aromatic nitrogens is 6. The highest BCUT2D eigenvalue weighted by Crippen LogP contribution is 2.45. The highest BCUT2D eigenvalue weighted by atomic mass is 19.3. The summed E-state index contributed by atoms with van der Waals surface area (Å²) in [7, 11) is 4.96. The number of carbonyl (C=O) groups is 1. The number of aryl methyl sites for hydroxylation is 1. The third-order valence-corrected chi connectivity index (χ3v) is 7.25. The molecule has 0 radical (unpaired) electrons. The Morgan fingerprint density at radius 1 is 1.07 bits per heavy atom. The molecule has 12 heteroatoms. The number of halogens is 2. The fraction of sp³-hybridized carbons (Fsp3) is 0.357. The molecule has 1 aromatic carbocycles. The van der Waals surface area contributed by atoms with Gasteiger partial charge in [-0.15, -0.1) is 0 Å². The first-order valence-electron chi connectivity index (χ1n) is 12.9. The lowest BCUT2D eigenvalue weighted by molar-refractivity contribution is -0.117. The quantitative estimate of drug-likeness (QED) is 0.338. The Labute approximate surface area is 229 Å². The molecule has 0 saturated heterocycles. The van der Waals surface area contributed by atoms with Crippen LogP contribution in [-0.4, -0.2) is 56.1 Å². The molecule has 1 amide bonds. The number of amides is 1. The van der Waals surface area contributed by atoms with Crippen LogP contribution in [0.4, 0.5) is 20.3 Å². The third-order valence-electron chi connectivity index (χ3n) is 7.25. The van der Waals surface area contributed by atoms with Gasteiger partial charge in [-0.05, 0) is 18.4 Å². The average molecular weight is 547 g/mol. The number of benzene rings is 1. The monoisotopic (exact) mass is 546 g/mol. The smallest absolute Gasteiger partial charge is 0.288 e. The molecule has 4 aromatic rings. The van der Waals surface area contributed by atoms with Crippen LogP contribution in [0.1, 0.15) is 42.6 Å². The topological polar surface area (TPSA) is 102 Å². The zero-order valence-corrected chi connectivity index (χ0v) is 22.6. The lowest BCUT2D eigenvalue weighted by atomic mass is 10.1. The lowest BCUT2D eigenvalue weighted by Gasteiger charge is -2.34. The van der Waals surface area contributed by atoms with E-state index in [2.05, 4.69) is 19.9 Å². The van der Waals surface area contributed by atoms with Gasteiger partial charge in [0.25, 0.3) is 5.92 Å². The van der Waals surface area contributed by atoms with E-state index in [1.54, 1.807) is 36.9 Å². The Morgan fingerprint density at radius 3 is 2.48 bits per heavy atom. The first kappa shape index (κ1) is 25.8. The standard InChI is InChI=1S/C28H28F2N8O2/c1-28(29,30)20-13-36(2)25(34-20)18-7-5-16(6-8-18)12-38-14-21(39)37(3)19-11-31-24(35-26(19)38)22-23(17-9-10-17)32-15-33-27(22)40-4/h5-8,11,13,15,17H,9-10,12,14H2,1-4H3. The van der Waals surface area contributed by atoms with E-state index in [1.165, 1.54) is 12.5 Å². The fourth-order valence-corrected chi connectivity index (χ4v) is 4.90. The molecule has 1 saturated carbocycles. The van der Waals surface area contributed by atoms with Crippen molar-refractivity contribution in [3.63, 3.8) is 0 Å². The molecule has 0 atom stereocenters. The van der Waals surface area contributed by atoms with Crippen LogP contribution < -0.4 is 14.5 Å². The van der Waals surface area contributed by atoms with Crippen molar-refractivity contribution in [3.05, 3.63) is 59.9 Å². The predicted molar refractivity (Wildman–Crippen MR) is 144 cm³/mol. The third kappa shape index (κ3) is 4.63. The van der Waals surface area contributed by atoms with Crippen LogP contribution in [0.5, 0.6) is 5.88 Å². The molecule has 1 aliphatic carbocycles. The molecule has 1 aliphatic heterocycles. The summed E-state index contributed by atoms with van der Waals surface area (Å²) >= 11 is 0. The van der Waals surface area contributed by atoms with Crippen molar-refractivity contribution in [1.29, 1.82) is 0 Å². The summed E-state index contributed by atoms with van der Waals surface area (Å²) in [6.07, 6.45) is 6.57. The van der Waals surface area contributed by atoms with Gasteiger partial charge < -0.3 is 19.1 Å². The zero-order valence-electron chi connectivity index (χ0n) is 22.6. The molecule has 6 rings (SSSR count). The molecular weight excluding hydrogens is 518 g/mol. The Kier molecular flexibility index (Phi) is 6.20. The average Bonchev–Trinajstić information content (AvgIpc) is 3.71. The van der Waals surface area contributed by atoms with Gasteiger partial charge in [0.15, 0.2) is 11.6 Å². The van der Waals surface area contributed by atoms with E-state index in [0.29, 0.717) is 52.6 Å². The summed E-state index contributed by atoms with van der Waals surface area (Å²) in [5.74, 6) is -0.858. The minimum atomic E-state index is -3.02. The van der Waals surface area contributed by atoms with Crippen LogP contribution in [-0.2, 0) is 24.3 Å². The first-order chi connectivity index (χ1) is 19.1. The lowest BCUT2D eigenvalue weighted by Crippen LogP contribution is -2.44. The van der Waals surface area contributed by atoms with Gasteiger partial charge in [0.1, 0.15) is 29.1 Å². The molecule has 2 aliphatic rings. The van der Waals surface area contributed by atoms with Gasteiger partial charge in [-0.3, -0.25) is 4.79 Å². The minimum absolute atomic E-state index is 0.0826. The van der Waals surface area contributed by atoms with Crippen LogP contribution in [0.2, 0.25) is 0 Å². The minimum Gasteiger partial charge on any atom is -0.480 e. The number of rotatable bonds is 7. The summed E-state index contributed by atoms with van der Waals surface area (Å²) in [6.45, 7) is 1.37. The molecule has 1 fully saturated rings. The molecule has 4 heterocycles. The maximum absolute atomic E-state index is 13.8. The van der Waals surface area contributed by atoms with E-state index in [0.717, 1.165) is 31.0 Å². The Bertz CT molecular complexity index is 1600. The molecular formula is C28H28F2N8O2. The Hall–Kier alpha value is -4.48. The number of hydrogen-bond acceptors (Lipinski definition) is 8. The van der Waals surface area contributed by atoms with E-state index in [-0.39, 0.29) is 18.1 Å². The fourth-order valence-electron chi connectivity index (χ4n) is 4.90. The molecule has 206 valence electrons. The number of anilines is 2. The van der Waals surface area contributed by atoms with Crippen LogP contribution in [0.15, 0.2) is 43.0 Å². The molecule has 0 N–H and O–H groups in total. The second-order valence-corrected chi connectivity index (χ2v) is 10.3. The summed E-state index contributed by atoms with van der Waals surface area (Å²) in [5, 5.41) is 0. The number of carbonyl (C=O) groups excluding carboxylic acids is 1. The van der Waals surface area contributed by atoms with Crippen LogP contribution >= 0.6 is 0 Å². The summed E-state index contributed by atoms with van der Waals surface area (Å²) in [6, 6.07) is 7.48. The maximum Gasteiger partial charge on any atom is 0.288 e. The molecule has 3 aromatic heterocycles. The number of alkyl halides is 2. The second kappa shape index (κ2) is 9.61. The van der Waals surface area contributed by atoms with Gasteiger partial charge in [-0.2, -0.15) is 8.78 Å². The molecule has 0 bridgehead atoms. The zero-order chi connectivity index (χ0) is 28.2. The van der Waals surface area contributed by atoms with Crippen LogP contribution in [0.25, 0.3) is 22.8 Å². The van der Waals surface area contributed by atoms with Gasteiger partial charge in [-0.1, -0.05) is 24.3 Å². The summed E-state index contributed by atoms with van der Waals surface area (Å²) in [4.78, 5) is 38.7. The number of likely N-dealkylation sites (N-methyl/N-ethyl adjacent to an activating group) is 1. The van der Waals surface area contributed by atoms with Crippen molar-refractivity contribution < 1.29 is 18.3 Å². The van der Waals surface area contributed by atoms with E-state index in [9.17, 15) is 13.6 Å². The molecule has 0 unspecified atom stereocenters. The number of fused-ring (bicyclic) bond motifs is 1. The first-order valence-corrected chi connectivity index (χ1v) is 12.9. The number of methoxy groups -OCH3 is 1. The van der Waals surface area contributed by atoms with Gasteiger partial charge in [-0.25, -0.2) is 24.9 Å². The highest BCUT2D eigenvalue weighted by molar-refractivity contribution is 6.02. The normalized spacial score (nSPS) is 15.4. The maximum atomic E-state index is 13.8.